The van der Waals surface area contributed by atoms with Crippen molar-refractivity contribution in [2.45, 2.75) is 82.4 Å². The minimum absolute atomic E-state index is 0.409. The lowest BCUT2D eigenvalue weighted by Gasteiger charge is -2.42. The summed E-state index contributed by atoms with van der Waals surface area (Å²) in [6, 6.07) is 1.07. The van der Waals surface area contributed by atoms with Gasteiger partial charge in [-0.25, -0.2) is 0 Å². The van der Waals surface area contributed by atoms with Crippen molar-refractivity contribution in [1.29, 1.82) is 0 Å². The number of nitrogens with two attached hydrogens (primary N) is 1. The van der Waals surface area contributed by atoms with Gasteiger partial charge in [0.2, 0.25) is 0 Å². The second-order valence-corrected chi connectivity index (χ2v) is 6.42. The summed E-state index contributed by atoms with van der Waals surface area (Å²) in [6.07, 6.45) is 10.4. The molecule has 2 saturated carbocycles. The second kappa shape index (κ2) is 6.36. The van der Waals surface area contributed by atoms with Crippen LogP contribution in [-0.2, 0) is 0 Å². The number of likely N-dealkylation sites (N-methyl/N-ethyl adjacent to an activating group) is 1. The average Bonchev–Trinajstić information content (AvgIpc) is 2.38. The van der Waals surface area contributed by atoms with Gasteiger partial charge in [0.05, 0.1) is 5.60 Å². The Kier molecular flexibility index (Phi) is 5.05. The molecule has 0 amide bonds. The highest BCUT2D eigenvalue weighted by molar-refractivity contribution is 4.89. The van der Waals surface area contributed by atoms with Gasteiger partial charge in [0, 0.05) is 18.6 Å². The van der Waals surface area contributed by atoms with Crippen molar-refractivity contribution in [2.75, 3.05) is 13.1 Å². The van der Waals surface area contributed by atoms with Crippen LogP contribution >= 0.6 is 0 Å². The Morgan fingerprint density at radius 2 is 1.72 bits per heavy atom. The fourth-order valence-electron chi connectivity index (χ4n) is 3.71. The van der Waals surface area contributed by atoms with Gasteiger partial charge in [0.1, 0.15) is 0 Å². The molecule has 18 heavy (non-hydrogen) atoms. The fraction of sp³-hybridized carbons (Fsp3) is 1.00. The van der Waals surface area contributed by atoms with Gasteiger partial charge in [0.15, 0.2) is 0 Å². The first-order valence-corrected chi connectivity index (χ1v) is 7.85. The summed E-state index contributed by atoms with van der Waals surface area (Å²) in [5.74, 6) is 0. The number of rotatable bonds is 4. The van der Waals surface area contributed by atoms with Crippen molar-refractivity contribution < 1.29 is 5.11 Å². The molecule has 2 rings (SSSR count). The molecule has 0 bridgehead atoms. The minimum atomic E-state index is -0.409. The van der Waals surface area contributed by atoms with E-state index in [1.165, 1.54) is 32.1 Å². The van der Waals surface area contributed by atoms with Crippen LogP contribution in [0.15, 0.2) is 0 Å². The van der Waals surface area contributed by atoms with Crippen LogP contribution in [0.2, 0.25) is 0 Å². The zero-order chi connectivity index (χ0) is 13.0. The van der Waals surface area contributed by atoms with Gasteiger partial charge in [0.25, 0.3) is 0 Å². The Balaban J connectivity index is 1.88. The van der Waals surface area contributed by atoms with E-state index in [1.807, 2.05) is 0 Å². The van der Waals surface area contributed by atoms with E-state index in [2.05, 4.69) is 11.8 Å². The van der Waals surface area contributed by atoms with Gasteiger partial charge < -0.3 is 10.8 Å². The predicted molar refractivity (Wildman–Crippen MR) is 75.5 cm³/mol. The number of nitrogens with zero attached hydrogens (tertiary/aromatic N) is 1. The average molecular weight is 254 g/mol. The molecule has 3 nitrogen and oxygen atoms in total. The lowest BCUT2D eigenvalue weighted by Crippen LogP contribution is -2.49. The summed E-state index contributed by atoms with van der Waals surface area (Å²) in [6.45, 7) is 4.16. The molecule has 0 radical (unpaired) electrons. The molecule has 3 heteroatoms. The lowest BCUT2D eigenvalue weighted by molar-refractivity contribution is -0.0385. The van der Waals surface area contributed by atoms with Crippen LogP contribution in [0.5, 0.6) is 0 Å². The molecule has 0 unspecified atom stereocenters. The molecule has 3 N–H and O–H groups in total. The van der Waals surface area contributed by atoms with Crippen molar-refractivity contribution in [3.63, 3.8) is 0 Å². The molecule has 0 atom stereocenters. The molecule has 0 heterocycles. The van der Waals surface area contributed by atoms with Crippen molar-refractivity contribution in [1.82, 2.24) is 4.90 Å². The molecule has 0 aromatic heterocycles. The SMILES string of the molecule is CCN(CC1(O)CCCCC1)C1CCC(N)CC1. The van der Waals surface area contributed by atoms with Crippen LogP contribution in [0.4, 0.5) is 0 Å². The summed E-state index contributed by atoms with van der Waals surface area (Å²) >= 11 is 0. The molecule has 0 spiro atoms. The van der Waals surface area contributed by atoms with E-state index in [-0.39, 0.29) is 0 Å². The third-order valence-corrected chi connectivity index (χ3v) is 4.95. The summed E-state index contributed by atoms with van der Waals surface area (Å²) in [7, 11) is 0. The molecule has 0 saturated heterocycles. The minimum Gasteiger partial charge on any atom is -0.389 e. The maximum atomic E-state index is 10.7. The normalized spacial score (nSPS) is 32.7. The van der Waals surface area contributed by atoms with Crippen LogP contribution in [-0.4, -0.2) is 40.8 Å². The van der Waals surface area contributed by atoms with Gasteiger partial charge in [-0.1, -0.05) is 26.2 Å². The Bertz CT molecular complexity index is 243. The molecule has 2 fully saturated rings. The van der Waals surface area contributed by atoms with E-state index in [0.717, 1.165) is 38.8 Å². The zero-order valence-corrected chi connectivity index (χ0v) is 11.9. The quantitative estimate of drug-likeness (QED) is 0.809. The van der Waals surface area contributed by atoms with Gasteiger partial charge in [-0.15, -0.1) is 0 Å². The highest BCUT2D eigenvalue weighted by atomic mass is 16.3. The van der Waals surface area contributed by atoms with Gasteiger partial charge >= 0.3 is 0 Å². The van der Waals surface area contributed by atoms with Crippen molar-refractivity contribution in [3.05, 3.63) is 0 Å². The van der Waals surface area contributed by atoms with E-state index in [0.29, 0.717) is 12.1 Å². The van der Waals surface area contributed by atoms with Gasteiger partial charge in [-0.3, -0.25) is 4.90 Å². The number of aliphatic hydroxyl groups is 1. The van der Waals surface area contributed by atoms with Crippen molar-refractivity contribution in [3.8, 4) is 0 Å². The third-order valence-electron chi connectivity index (χ3n) is 4.95. The molecule has 0 aromatic carbocycles. The van der Waals surface area contributed by atoms with Crippen LogP contribution in [0.25, 0.3) is 0 Å². The van der Waals surface area contributed by atoms with Gasteiger partial charge in [-0.2, -0.15) is 0 Å². The van der Waals surface area contributed by atoms with Crippen molar-refractivity contribution >= 4 is 0 Å². The Morgan fingerprint density at radius 3 is 2.28 bits per heavy atom. The first-order valence-electron chi connectivity index (χ1n) is 7.85. The number of hydrogen-bond donors (Lipinski definition) is 2. The fourth-order valence-corrected chi connectivity index (χ4v) is 3.71. The second-order valence-electron chi connectivity index (χ2n) is 6.42. The summed E-state index contributed by atoms with van der Waals surface area (Å²) in [5, 5.41) is 10.7. The van der Waals surface area contributed by atoms with Crippen LogP contribution < -0.4 is 5.73 Å². The number of hydrogen-bond acceptors (Lipinski definition) is 3. The third kappa shape index (κ3) is 3.69. The highest BCUT2D eigenvalue weighted by Gasteiger charge is 2.33. The van der Waals surface area contributed by atoms with Crippen LogP contribution in [0, 0.1) is 0 Å². The molecule has 0 aromatic rings. The molecular weight excluding hydrogens is 224 g/mol. The molecular formula is C15H30N2O. The molecule has 0 aliphatic heterocycles. The van der Waals surface area contributed by atoms with E-state index in [4.69, 9.17) is 5.73 Å². The van der Waals surface area contributed by atoms with Gasteiger partial charge in [-0.05, 0) is 45.1 Å². The van der Waals surface area contributed by atoms with E-state index in [1.54, 1.807) is 0 Å². The van der Waals surface area contributed by atoms with Crippen LogP contribution in [0.3, 0.4) is 0 Å². The standard InChI is InChI=1S/C15H30N2O/c1-2-17(14-8-6-13(16)7-9-14)12-15(18)10-4-3-5-11-15/h13-14,18H,2-12,16H2,1H3. The van der Waals surface area contributed by atoms with Crippen LogP contribution in [0.1, 0.15) is 64.7 Å². The van der Waals surface area contributed by atoms with E-state index >= 15 is 0 Å². The van der Waals surface area contributed by atoms with E-state index in [9.17, 15) is 5.11 Å². The molecule has 2 aliphatic rings. The Labute approximate surface area is 112 Å². The smallest absolute Gasteiger partial charge is 0.0774 e. The Hall–Kier alpha value is -0.120. The molecule has 106 valence electrons. The maximum absolute atomic E-state index is 10.7. The largest absolute Gasteiger partial charge is 0.389 e. The zero-order valence-electron chi connectivity index (χ0n) is 11.9. The Morgan fingerprint density at radius 1 is 1.11 bits per heavy atom. The van der Waals surface area contributed by atoms with E-state index < -0.39 is 5.60 Å². The highest BCUT2D eigenvalue weighted by Crippen LogP contribution is 2.31. The lowest BCUT2D eigenvalue weighted by atomic mass is 9.83. The summed E-state index contributed by atoms with van der Waals surface area (Å²) in [4.78, 5) is 2.51. The van der Waals surface area contributed by atoms with Crippen molar-refractivity contribution in [2.24, 2.45) is 5.73 Å². The predicted octanol–water partition coefficient (Wildman–Crippen LogP) is 2.27. The molecule has 2 aliphatic carbocycles. The maximum Gasteiger partial charge on any atom is 0.0774 e. The monoisotopic (exact) mass is 254 g/mol. The first kappa shape index (κ1) is 14.3. The summed E-state index contributed by atoms with van der Waals surface area (Å²) in [5.41, 5.74) is 5.57. The first-order chi connectivity index (χ1) is 8.63. The topological polar surface area (TPSA) is 49.5 Å². The summed E-state index contributed by atoms with van der Waals surface area (Å²) < 4.78 is 0.